The van der Waals surface area contributed by atoms with E-state index in [0.717, 1.165) is 28.5 Å². The Balaban J connectivity index is 1.89. The molecule has 6 heteroatoms. The Bertz CT molecular complexity index is 539. The van der Waals surface area contributed by atoms with E-state index in [0.29, 0.717) is 12.1 Å². The number of aromatic amines is 1. The Hall–Kier alpha value is -1.69. The number of thiazole rings is 1. The number of amides is 1. The molecule has 0 unspecified atom stereocenters. The lowest BCUT2D eigenvalue weighted by Gasteiger charge is -2.03. The summed E-state index contributed by atoms with van der Waals surface area (Å²) in [6.45, 7) is 6.23. The zero-order valence-electron chi connectivity index (χ0n) is 10.7. The molecule has 96 valence electrons. The predicted molar refractivity (Wildman–Crippen MR) is 70.9 cm³/mol. The van der Waals surface area contributed by atoms with E-state index in [-0.39, 0.29) is 5.91 Å². The number of rotatable bonds is 4. The van der Waals surface area contributed by atoms with Crippen LogP contribution >= 0.6 is 11.3 Å². The van der Waals surface area contributed by atoms with Crippen LogP contribution in [0, 0.1) is 20.8 Å². The van der Waals surface area contributed by atoms with Crippen LogP contribution in [-0.2, 0) is 6.42 Å². The topological polar surface area (TPSA) is 70.7 Å². The van der Waals surface area contributed by atoms with E-state index in [1.165, 1.54) is 0 Å². The van der Waals surface area contributed by atoms with Crippen molar-refractivity contribution in [1.29, 1.82) is 0 Å². The molecule has 0 bridgehead atoms. The van der Waals surface area contributed by atoms with Crippen molar-refractivity contribution in [3.8, 4) is 0 Å². The normalized spacial score (nSPS) is 10.6. The van der Waals surface area contributed by atoms with Crippen molar-refractivity contribution in [2.24, 2.45) is 0 Å². The number of nitrogens with one attached hydrogen (secondary N) is 2. The number of nitrogens with zero attached hydrogens (tertiary/aromatic N) is 2. The number of aromatic nitrogens is 3. The molecule has 2 rings (SSSR count). The van der Waals surface area contributed by atoms with Gasteiger partial charge in [-0.05, 0) is 20.8 Å². The Kier molecular flexibility index (Phi) is 3.76. The van der Waals surface area contributed by atoms with Gasteiger partial charge in [0.15, 0.2) is 0 Å². The van der Waals surface area contributed by atoms with Gasteiger partial charge in [-0.15, -0.1) is 11.3 Å². The molecular formula is C12H16N4OS. The number of hydrogen-bond acceptors (Lipinski definition) is 4. The van der Waals surface area contributed by atoms with Gasteiger partial charge < -0.3 is 5.32 Å². The van der Waals surface area contributed by atoms with Gasteiger partial charge in [-0.2, -0.15) is 5.10 Å². The second-order valence-corrected chi connectivity index (χ2v) is 5.14. The molecule has 0 saturated heterocycles. The molecule has 0 aromatic carbocycles. The average Bonchev–Trinajstić information content (AvgIpc) is 2.86. The van der Waals surface area contributed by atoms with E-state index in [9.17, 15) is 4.79 Å². The number of carbonyl (C=O) groups excluding carboxylic acids is 1. The highest BCUT2D eigenvalue weighted by Crippen LogP contribution is 2.10. The van der Waals surface area contributed by atoms with Gasteiger partial charge in [-0.1, -0.05) is 0 Å². The summed E-state index contributed by atoms with van der Waals surface area (Å²) in [6, 6.07) is 0. The summed E-state index contributed by atoms with van der Waals surface area (Å²) in [6.07, 6.45) is 0.764. The first kappa shape index (κ1) is 12.8. The number of aryl methyl sites for hydroxylation is 3. The van der Waals surface area contributed by atoms with Crippen LogP contribution in [-0.4, -0.2) is 27.6 Å². The van der Waals surface area contributed by atoms with E-state index in [2.05, 4.69) is 20.5 Å². The molecule has 0 atom stereocenters. The number of hydrogen-bond donors (Lipinski definition) is 2. The highest BCUT2D eigenvalue weighted by molar-refractivity contribution is 7.09. The fourth-order valence-corrected chi connectivity index (χ4v) is 2.55. The molecule has 0 aliphatic heterocycles. The monoisotopic (exact) mass is 264 g/mol. The molecule has 2 aromatic rings. The Morgan fingerprint density at radius 3 is 2.78 bits per heavy atom. The lowest BCUT2D eigenvalue weighted by Crippen LogP contribution is -2.26. The Labute approximate surface area is 110 Å². The van der Waals surface area contributed by atoms with Crippen LogP contribution in [0.15, 0.2) is 5.38 Å². The van der Waals surface area contributed by atoms with E-state index in [4.69, 9.17) is 0 Å². The smallest absolute Gasteiger partial charge is 0.255 e. The molecule has 2 N–H and O–H groups in total. The second kappa shape index (κ2) is 5.30. The molecule has 18 heavy (non-hydrogen) atoms. The van der Waals surface area contributed by atoms with Crippen molar-refractivity contribution in [2.75, 3.05) is 6.54 Å². The zero-order chi connectivity index (χ0) is 13.1. The van der Waals surface area contributed by atoms with Crippen molar-refractivity contribution in [3.63, 3.8) is 0 Å². The summed E-state index contributed by atoms with van der Waals surface area (Å²) in [7, 11) is 0. The largest absolute Gasteiger partial charge is 0.351 e. The number of H-pyrrole nitrogens is 1. The van der Waals surface area contributed by atoms with Crippen molar-refractivity contribution in [1.82, 2.24) is 20.5 Å². The van der Waals surface area contributed by atoms with Crippen LogP contribution in [0.3, 0.4) is 0 Å². The third-order valence-corrected chi connectivity index (χ3v) is 3.67. The summed E-state index contributed by atoms with van der Waals surface area (Å²) < 4.78 is 0. The van der Waals surface area contributed by atoms with Crippen molar-refractivity contribution in [3.05, 3.63) is 33.0 Å². The third kappa shape index (κ3) is 2.76. The minimum absolute atomic E-state index is 0.0768. The van der Waals surface area contributed by atoms with Crippen LogP contribution < -0.4 is 5.32 Å². The predicted octanol–water partition coefficient (Wildman–Crippen LogP) is 1.76. The second-order valence-electron chi connectivity index (χ2n) is 4.20. The first-order valence-electron chi connectivity index (χ1n) is 5.78. The molecular weight excluding hydrogens is 248 g/mol. The van der Waals surface area contributed by atoms with E-state index < -0.39 is 0 Å². The maximum Gasteiger partial charge on any atom is 0.255 e. The van der Waals surface area contributed by atoms with Crippen molar-refractivity contribution < 1.29 is 4.79 Å². The van der Waals surface area contributed by atoms with Gasteiger partial charge in [0.05, 0.1) is 16.3 Å². The van der Waals surface area contributed by atoms with Gasteiger partial charge in [-0.25, -0.2) is 4.98 Å². The maximum absolute atomic E-state index is 12.0. The molecule has 0 saturated carbocycles. The first-order chi connectivity index (χ1) is 8.58. The fraction of sp³-hybridized carbons (Fsp3) is 0.417. The summed E-state index contributed by atoms with van der Waals surface area (Å²) in [5.74, 6) is -0.0768. The summed E-state index contributed by atoms with van der Waals surface area (Å²) in [4.78, 5) is 16.3. The number of carbonyl (C=O) groups is 1. The molecule has 2 aromatic heterocycles. The minimum atomic E-state index is -0.0768. The molecule has 0 aliphatic rings. The van der Waals surface area contributed by atoms with E-state index in [1.807, 2.05) is 26.2 Å². The van der Waals surface area contributed by atoms with Crippen LogP contribution in [0.4, 0.5) is 0 Å². The lowest BCUT2D eigenvalue weighted by molar-refractivity contribution is 0.0953. The van der Waals surface area contributed by atoms with Crippen molar-refractivity contribution >= 4 is 17.2 Å². The SMILES string of the molecule is Cc1csc(CCNC(=O)c2c(C)n[nH]c2C)n1. The molecule has 0 radical (unpaired) electrons. The lowest BCUT2D eigenvalue weighted by atomic mass is 10.2. The summed E-state index contributed by atoms with van der Waals surface area (Å²) >= 11 is 1.62. The molecule has 0 aliphatic carbocycles. The van der Waals surface area contributed by atoms with Gasteiger partial charge in [0.1, 0.15) is 0 Å². The van der Waals surface area contributed by atoms with Gasteiger partial charge in [0, 0.05) is 29.7 Å². The van der Waals surface area contributed by atoms with Crippen LogP contribution in [0.5, 0.6) is 0 Å². The van der Waals surface area contributed by atoms with Crippen LogP contribution in [0.25, 0.3) is 0 Å². The van der Waals surface area contributed by atoms with Gasteiger partial charge in [0.2, 0.25) is 0 Å². The van der Waals surface area contributed by atoms with Gasteiger partial charge in [-0.3, -0.25) is 9.89 Å². The maximum atomic E-state index is 12.0. The third-order valence-electron chi connectivity index (χ3n) is 2.65. The van der Waals surface area contributed by atoms with Crippen molar-refractivity contribution in [2.45, 2.75) is 27.2 Å². The van der Waals surface area contributed by atoms with Crippen LogP contribution in [0.1, 0.15) is 32.4 Å². The molecule has 0 spiro atoms. The summed E-state index contributed by atoms with van der Waals surface area (Å²) in [5.41, 5.74) is 3.21. The average molecular weight is 264 g/mol. The molecule has 1 amide bonds. The zero-order valence-corrected chi connectivity index (χ0v) is 11.5. The van der Waals surface area contributed by atoms with E-state index in [1.54, 1.807) is 11.3 Å². The molecule has 2 heterocycles. The van der Waals surface area contributed by atoms with E-state index >= 15 is 0 Å². The highest BCUT2D eigenvalue weighted by atomic mass is 32.1. The van der Waals surface area contributed by atoms with Crippen LogP contribution in [0.2, 0.25) is 0 Å². The fourth-order valence-electron chi connectivity index (χ4n) is 1.77. The van der Waals surface area contributed by atoms with Gasteiger partial charge >= 0.3 is 0 Å². The molecule has 5 nitrogen and oxygen atoms in total. The Morgan fingerprint density at radius 1 is 1.44 bits per heavy atom. The molecule has 0 fully saturated rings. The summed E-state index contributed by atoms with van der Waals surface area (Å²) in [5, 5.41) is 12.8. The minimum Gasteiger partial charge on any atom is -0.351 e. The quantitative estimate of drug-likeness (QED) is 0.884. The van der Waals surface area contributed by atoms with Gasteiger partial charge in [0.25, 0.3) is 5.91 Å². The standard InChI is InChI=1S/C12H16N4OS/c1-7-6-18-10(14-7)4-5-13-12(17)11-8(2)15-16-9(11)3/h6H,4-5H2,1-3H3,(H,13,17)(H,15,16). The first-order valence-corrected chi connectivity index (χ1v) is 6.66. The highest BCUT2D eigenvalue weighted by Gasteiger charge is 2.14. The Morgan fingerprint density at radius 2 is 2.22 bits per heavy atom.